The van der Waals surface area contributed by atoms with E-state index in [0.717, 1.165) is 29.8 Å². The lowest BCUT2D eigenvalue weighted by Crippen LogP contribution is -2.16. The van der Waals surface area contributed by atoms with Crippen molar-refractivity contribution in [3.8, 4) is 0 Å². The van der Waals surface area contributed by atoms with E-state index in [-0.39, 0.29) is 24.0 Å². The minimum Gasteiger partial charge on any atom is -0.370 e. The molecule has 0 spiro atoms. The van der Waals surface area contributed by atoms with Crippen LogP contribution in [0.2, 0.25) is 0 Å². The smallest absolute Gasteiger partial charge is 0.219 e. The molecule has 2 N–H and O–H groups in total. The van der Waals surface area contributed by atoms with E-state index in [0.29, 0.717) is 29.3 Å². The number of Topliss-reactive ketones (excluding diaryl/α,β-unsaturated/α-hetero) is 1. The number of aromatic nitrogens is 3. The van der Waals surface area contributed by atoms with Crippen LogP contribution in [0.4, 0.5) is 0 Å². The molecule has 1 fully saturated rings. The Bertz CT molecular complexity index is 900. The van der Waals surface area contributed by atoms with Crippen molar-refractivity contribution >= 4 is 23.5 Å². The summed E-state index contributed by atoms with van der Waals surface area (Å²) in [5.41, 5.74) is 8.45. The molecule has 6 nitrogen and oxygen atoms in total. The second kappa shape index (κ2) is 9.11. The normalized spacial score (nSPS) is 14.0. The predicted octanol–water partition coefficient (Wildman–Crippen LogP) is 4.25. The van der Waals surface area contributed by atoms with Crippen molar-refractivity contribution in [3.05, 3.63) is 40.7 Å². The number of carbonyl (C=O) groups is 2. The first-order valence-corrected chi connectivity index (χ1v) is 11.3. The van der Waals surface area contributed by atoms with Crippen molar-refractivity contribution in [1.82, 2.24) is 14.8 Å². The van der Waals surface area contributed by atoms with Crippen LogP contribution in [0.1, 0.15) is 92.0 Å². The number of ketones is 1. The van der Waals surface area contributed by atoms with Gasteiger partial charge in [0, 0.05) is 24.4 Å². The number of nitrogens with zero attached hydrogens (tertiary/aromatic N) is 3. The first-order valence-electron chi connectivity index (χ1n) is 10.3. The van der Waals surface area contributed by atoms with Gasteiger partial charge in [-0.25, -0.2) is 0 Å². The maximum atomic E-state index is 13.0. The fourth-order valence-electron chi connectivity index (χ4n) is 3.36. The minimum absolute atomic E-state index is 0.0893. The molecule has 0 unspecified atom stereocenters. The molecule has 1 aliphatic carbocycles. The summed E-state index contributed by atoms with van der Waals surface area (Å²) in [4.78, 5) is 24.2. The van der Waals surface area contributed by atoms with Gasteiger partial charge in [0.1, 0.15) is 5.82 Å². The lowest BCUT2D eigenvalue weighted by Gasteiger charge is -2.15. The molecule has 0 bridgehead atoms. The van der Waals surface area contributed by atoms with Gasteiger partial charge >= 0.3 is 0 Å². The first kappa shape index (κ1) is 21.6. The Morgan fingerprint density at radius 2 is 1.90 bits per heavy atom. The number of rotatable bonds is 10. The zero-order chi connectivity index (χ0) is 21.1. The summed E-state index contributed by atoms with van der Waals surface area (Å²) in [5.74, 6) is 2.06. The third-order valence-corrected chi connectivity index (χ3v) is 6.23. The van der Waals surface area contributed by atoms with Crippen LogP contribution in [-0.2, 0) is 11.3 Å². The maximum absolute atomic E-state index is 13.0. The number of hydrogen-bond acceptors (Lipinski definition) is 5. The summed E-state index contributed by atoms with van der Waals surface area (Å²) in [7, 11) is 0. The average Bonchev–Trinajstić information content (AvgIpc) is 3.44. The van der Waals surface area contributed by atoms with Gasteiger partial charge in [-0.1, -0.05) is 57.7 Å². The third kappa shape index (κ3) is 5.26. The van der Waals surface area contributed by atoms with Gasteiger partial charge < -0.3 is 10.3 Å². The van der Waals surface area contributed by atoms with Crippen LogP contribution < -0.4 is 5.73 Å². The molecule has 7 heteroatoms. The number of nitrogens with two attached hydrogens (primary N) is 1. The lowest BCUT2D eigenvalue weighted by atomic mass is 9.90. The fourth-order valence-corrected chi connectivity index (χ4v) is 4.22. The quantitative estimate of drug-likeness (QED) is 0.463. The highest BCUT2D eigenvalue weighted by Crippen LogP contribution is 2.40. The minimum atomic E-state index is -0.348. The number of primary amides is 1. The molecule has 0 radical (unpaired) electrons. The summed E-state index contributed by atoms with van der Waals surface area (Å²) in [5, 5.41) is 9.29. The second-order valence-electron chi connectivity index (χ2n) is 8.35. The summed E-state index contributed by atoms with van der Waals surface area (Å²) in [6.07, 6.45) is 2.43. The Kier molecular flexibility index (Phi) is 6.77. The number of hydrogen-bond donors (Lipinski definition) is 1. The van der Waals surface area contributed by atoms with E-state index in [1.807, 2.05) is 10.6 Å². The topological polar surface area (TPSA) is 90.9 Å². The van der Waals surface area contributed by atoms with E-state index >= 15 is 0 Å². The van der Waals surface area contributed by atoms with Gasteiger partial charge in [0.05, 0.1) is 5.75 Å². The maximum Gasteiger partial charge on any atom is 0.219 e. The van der Waals surface area contributed by atoms with Gasteiger partial charge in [-0.2, -0.15) is 0 Å². The van der Waals surface area contributed by atoms with Gasteiger partial charge in [-0.15, -0.1) is 10.2 Å². The van der Waals surface area contributed by atoms with Crippen molar-refractivity contribution in [1.29, 1.82) is 0 Å². The zero-order valence-electron chi connectivity index (χ0n) is 17.6. The molecule has 0 saturated heterocycles. The Morgan fingerprint density at radius 1 is 1.17 bits per heavy atom. The molecule has 1 saturated carbocycles. The van der Waals surface area contributed by atoms with Crippen LogP contribution in [0.3, 0.4) is 0 Å². The Balaban J connectivity index is 1.76. The molecule has 156 valence electrons. The Morgan fingerprint density at radius 3 is 2.48 bits per heavy atom. The zero-order valence-corrected chi connectivity index (χ0v) is 18.5. The lowest BCUT2D eigenvalue weighted by molar-refractivity contribution is -0.118. The van der Waals surface area contributed by atoms with Gasteiger partial charge in [-0.05, 0) is 35.8 Å². The molecule has 1 aliphatic rings. The standard InChI is InChI=1S/C22H30N4O2S/c1-13(2)16-7-8-17(18(11-16)14(3)4)19(27)12-29-22-25-24-21(15-5-6-15)26(22)10-9-20(23)28/h7-8,11,13-15H,5-6,9-10,12H2,1-4H3,(H2,23,28). The second-order valence-corrected chi connectivity index (χ2v) is 9.29. The van der Waals surface area contributed by atoms with Crippen molar-refractivity contribution in [3.63, 3.8) is 0 Å². The monoisotopic (exact) mass is 414 g/mol. The third-order valence-electron chi connectivity index (χ3n) is 5.27. The first-order chi connectivity index (χ1) is 13.8. The van der Waals surface area contributed by atoms with Crippen LogP contribution >= 0.6 is 11.8 Å². The fraction of sp³-hybridized carbons (Fsp3) is 0.545. The summed E-state index contributed by atoms with van der Waals surface area (Å²) >= 11 is 1.39. The molecular formula is C22H30N4O2S. The van der Waals surface area contributed by atoms with Crippen molar-refractivity contribution in [2.45, 2.75) is 76.4 Å². The molecule has 0 atom stereocenters. The molecule has 1 amide bonds. The van der Waals surface area contributed by atoms with E-state index < -0.39 is 0 Å². The number of benzene rings is 1. The van der Waals surface area contributed by atoms with Crippen molar-refractivity contribution in [2.75, 3.05) is 5.75 Å². The van der Waals surface area contributed by atoms with Crippen LogP contribution in [0, 0.1) is 0 Å². The van der Waals surface area contributed by atoms with Crippen LogP contribution in [0.15, 0.2) is 23.4 Å². The molecular weight excluding hydrogens is 384 g/mol. The van der Waals surface area contributed by atoms with E-state index in [9.17, 15) is 9.59 Å². The summed E-state index contributed by atoms with van der Waals surface area (Å²) < 4.78 is 1.96. The number of amides is 1. The van der Waals surface area contributed by atoms with E-state index in [2.05, 4.69) is 50.0 Å². The predicted molar refractivity (Wildman–Crippen MR) is 115 cm³/mol. The molecule has 0 aliphatic heterocycles. The van der Waals surface area contributed by atoms with Crippen LogP contribution in [0.25, 0.3) is 0 Å². The largest absolute Gasteiger partial charge is 0.370 e. The molecule has 2 aromatic rings. The number of carbonyl (C=O) groups excluding carboxylic acids is 2. The number of thioether (sulfide) groups is 1. The molecule has 29 heavy (non-hydrogen) atoms. The highest BCUT2D eigenvalue weighted by molar-refractivity contribution is 7.99. The van der Waals surface area contributed by atoms with E-state index in [1.54, 1.807) is 0 Å². The van der Waals surface area contributed by atoms with Crippen molar-refractivity contribution < 1.29 is 9.59 Å². The molecule has 1 aromatic carbocycles. The van der Waals surface area contributed by atoms with Gasteiger partial charge in [0.25, 0.3) is 0 Å². The van der Waals surface area contributed by atoms with E-state index in [1.165, 1.54) is 17.3 Å². The van der Waals surface area contributed by atoms with Crippen molar-refractivity contribution in [2.24, 2.45) is 5.73 Å². The average molecular weight is 415 g/mol. The SMILES string of the molecule is CC(C)c1ccc(C(=O)CSc2nnc(C3CC3)n2CCC(N)=O)c(C(C)C)c1. The molecule has 1 heterocycles. The summed E-state index contributed by atoms with van der Waals surface area (Å²) in [6.45, 7) is 9.02. The molecule has 3 rings (SSSR count). The summed E-state index contributed by atoms with van der Waals surface area (Å²) in [6, 6.07) is 6.17. The van der Waals surface area contributed by atoms with Gasteiger partial charge in [0.2, 0.25) is 5.91 Å². The highest BCUT2D eigenvalue weighted by Gasteiger charge is 2.30. The molecule has 1 aromatic heterocycles. The Hall–Kier alpha value is -2.15. The highest BCUT2D eigenvalue weighted by atomic mass is 32.2. The van der Waals surface area contributed by atoms with Gasteiger partial charge in [-0.3, -0.25) is 9.59 Å². The van der Waals surface area contributed by atoms with Crippen LogP contribution in [0.5, 0.6) is 0 Å². The Labute approximate surface area is 176 Å². The van der Waals surface area contributed by atoms with Crippen LogP contribution in [-0.4, -0.2) is 32.2 Å². The van der Waals surface area contributed by atoms with Gasteiger partial charge in [0.15, 0.2) is 10.9 Å². The van der Waals surface area contributed by atoms with E-state index in [4.69, 9.17) is 5.73 Å².